The largest absolute Gasteiger partial charge is 0.326 e. The van der Waals surface area contributed by atoms with Crippen molar-refractivity contribution in [2.24, 2.45) is 5.73 Å². The van der Waals surface area contributed by atoms with E-state index in [1.54, 1.807) is 12.1 Å². The van der Waals surface area contributed by atoms with Gasteiger partial charge in [0.05, 0.1) is 8.79 Å². The van der Waals surface area contributed by atoms with Crippen LogP contribution in [0, 0.1) is 0 Å². The molecule has 2 rings (SSSR count). The summed E-state index contributed by atoms with van der Waals surface area (Å²) >= 11 is 4.83. The highest BCUT2D eigenvalue weighted by atomic mass is 79.9. The van der Waals surface area contributed by atoms with Crippen molar-refractivity contribution in [1.82, 2.24) is 0 Å². The fraction of sp³-hybridized carbons (Fsp3) is 0.0833. The van der Waals surface area contributed by atoms with E-state index in [4.69, 9.17) is 5.73 Å². The van der Waals surface area contributed by atoms with Gasteiger partial charge in [-0.1, -0.05) is 12.1 Å². The lowest BCUT2D eigenvalue weighted by Gasteiger charge is -2.03. The first-order valence-electron chi connectivity index (χ1n) is 5.05. The fourth-order valence-corrected chi connectivity index (χ4v) is 2.64. The predicted molar refractivity (Wildman–Crippen MR) is 74.3 cm³/mol. The van der Waals surface area contributed by atoms with E-state index in [0.29, 0.717) is 12.1 Å². The van der Waals surface area contributed by atoms with E-state index < -0.39 is 0 Å². The summed E-state index contributed by atoms with van der Waals surface area (Å²) in [6.45, 7) is 0.486. The van der Waals surface area contributed by atoms with Gasteiger partial charge in [0, 0.05) is 12.1 Å². The Morgan fingerprint density at radius 1 is 1.24 bits per heavy atom. The minimum Gasteiger partial charge on any atom is -0.326 e. The number of carbonyl (C=O) groups excluding carboxylic acids is 1. The summed E-state index contributed by atoms with van der Waals surface area (Å²) < 4.78 is 0.992. The molecule has 0 fully saturated rings. The Balaban J connectivity index is 2.09. The predicted octanol–water partition coefficient (Wildman–Crippen LogP) is 3.22. The molecule has 0 radical (unpaired) electrons. The molecule has 1 aromatic heterocycles. The summed E-state index contributed by atoms with van der Waals surface area (Å²) in [6, 6.07) is 11.0. The minimum atomic E-state index is -0.108. The van der Waals surface area contributed by atoms with Crippen LogP contribution in [-0.2, 0) is 6.54 Å². The average Bonchev–Trinajstić information content (AvgIpc) is 2.75. The van der Waals surface area contributed by atoms with Crippen molar-refractivity contribution in [2.75, 3.05) is 5.32 Å². The smallest absolute Gasteiger partial charge is 0.256 e. The molecule has 3 nitrogen and oxygen atoms in total. The van der Waals surface area contributed by atoms with Crippen LogP contribution in [-0.4, -0.2) is 5.91 Å². The van der Waals surface area contributed by atoms with E-state index in [9.17, 15) is 4.79 Å². The number of rotatable bonds is 3. The molecule has 0 aliphatic heterocycles. The Morgan fingerprint density at radius 2 is 1.94 bits per heavy atom. The van der Waals surface area contributed by atoms with Gasteiger partial charge in [0.25, 0.3) is 5.91 Å². The van der Waals surface area contributed by atoms with Crippen LogP contribution >= 0.6 is 27.3 Å². The van der Waals surface area contributed by atoms with Gasteiger partial charge in [-0.25, -0.2) is 0 Å². The van der Waals surface area contributed by atoms with Gasteiger partial charge >= 0.3 is 0 Å². The molecule has 1 amide bonds. The number of hydrogen-bond acceptors (Lipinski definition) is 3. The molecule has 3 N–H and O–H groups in total. The molecule has 17 heavy (non-hydrogen) atoms. The molecule has 1 aromatic carbocycles. The topological polar surface area (TPSA) is 55.1 Å². The third-order valence-electron chi connectivity index (χ3n) is 2.26. The molecule has 5 heteroatoms. The van der Waals surface area contributed by atoms with Crippen molar-refractivity contribution in [2.45, 2.75) is 6.54 Å². The first-order valence-corrected chi connectivity index (χ1v) is 6.65. The second-order valence-corrected chi connectivity index (χ2v) is 5.92. The van der Waals surface area contributed by atoms with E-state index in [-0.39, 0.29) is 5.91 Å². The van der Waals surface area contributed by atoms with Crippen LogP contribution in [0.3, 0.4) is 0 Å². The lowest BCUT2D eigenvalue weighted by Crippen LogP contribution is -2.10. The zero-order valence-electron chi connectivity index (χ0n) is 8.94. The van der Waals surface area contributed by atoms with Crippen LogP contribution in [0.5, 0.6) is 0 Å². The van der Waals surface area contributed by atoms with E-state index in [1.807, 2.05) is 24.3 Å². The van der Waals surface area contributed by atoms with E-state index in [2.05, 4.69) is 21.2 Å². The van der Waals surface area contributed by atoms with E-state index in [0.717, 1.165) is 14.4 Å². The normalized spacial score (nSPS) is 10.2. The van der Waals surface area contributed by atoms with Gasteiger partial charge in [0.15, 0.2) is 0 Å². The maximum absolute atomic E-state index is 11.9. The Morgan fingerprint density at radius 3 is 2.47 bits per heavy atom. The Kier molecular flexibility index (Phi) is 3.93. The van der Waals surface area contributed by atoms with Gasteiger partial charge in [0.2, 0.25) is 0 Å². The molecular formula is C12H11BrN2OS. The van der Waals surface area contributed by atoms with Crippen molar-refractivity contribution in [3.05, 3.63) is 51.3 Å². The molecule has 0 unspecified atom stereocenters. The first kappa shape index (κ1) is 12.3. The van der Waals surface area contributed by atoms with Gasteiger partial charge in [0.1, 0.15) is 0 Å². The van der Waals surface area contributed by atoms with Crippen molar-refractivity contribution in [1.29, 1.82) is 0 Å². The zero-order chi connectivity index (χ0) is 12.3. The van der Waals surface area contributed by atoms with Crippen LogP contribution in [0.25, 0.3) is 0 Å². The Bertz CT molecular complexity index is 522. The summed E-state index contributed by atoms with van der Waals surface area (Å²) in [4.78, 5) is 11.9. The van der Waals surface area contributed by atoms with Crippen molar-refractivity contribution < 1.29 is 4.79 Å². The molecule has 88 valence electrons. The molecule has 0 aliphatic carbocycles. The average molecular weight is 311 g/mol. The summed E-state index contributed by atoms with van der Waals surface area (Å²) in [5, 5.41) is 3.66. The number of nitrogens with one attached hydrogen (secondary N) is 1. The number of carbonyl (C=O) groups is 1. The fourth-order valence-electron chi connectivity index (χ4n) is 1.36. The van der Waals surface area contributed by atoms with Crippen LogP contribution in [0.2, 0.25) is 0 Å². The van der Waals surface area contributed by atoms with Gasteiger partial charge < -0.3 is 11.1 Å². The number of halogens is 1. The monoisotopic (exact) mass is 310 g/mol. The van der Waals surface area contributed by atoms with Crippen LogP contribution < -0.4 is 11.1 Å². The molecule has 2 aromatic rings. The van der Waals surface area contributed by atoms with Crippen LogP contribution in [0.15, 0.2) is 40.2 Å². The zero-order valence-corrected chi connectivity index (χ0v) is 11.3. The third-order valence-corrected chi connectivity index (χ3v) is 3.80. The third kappa shape index (κ3) is 3.15. The number of thiophene rings is 1. The van der Waals surface area contributed by atoms with Gasteiger partial charge in [-0.05, 0) is 45.8 Å². The maximum Gasteiger partial charge on any atom is 0.256 e. The lowest BCUT2D eigenvalue weighted by atomic mass is 10.1. The quantitative estimate of drug-likeness (QED) is 0.914. The summed E-state index contributed by atoms with van der Waals surface area (Å²) in [5.41, 5.74) is 7.14. The number of nitrogens with two attached hydrogens (primary N) is 1. The molecule has 0 saturated heterocycles. The highest BCUT2D eigenvalue weighted by Crippen LogP contribution is 2.26. The number of amides is 1. The van der Waals surface area contributed by atoms with E-state index >= 15 is 0 Å². The summed E-state index contributed by atoms with van der Waals surface area (Å²) in [5.74, 6) is -0.108. The number of benzene rings is 1. The minimum absolute atomic E-state index is 0.108. The molecule has 0 aliphatic rings. The van der Waals surface area contributed by atoms with Crippen molar-refractivity contribution >= 4 is 38.2 Å². The van der Waals surface area contributed by atoms with Gasteiger partial charge in [-0.15, -0.1) is 11.3 Å². The van der Waals surface area contributed by atoms with Gasteiger partial charge in [-0.3, -0.25) is 4.79 Å². The summed E-state index contributed by atoms with van der Waals surface area (Å²) in [6.07, 6.45) is 0. The highest BCUT2D eigenvalue weighted by molar-refractivity contribution is 9.11. The van der Waals surface area contributed by atoms with E-state index in [1.165, 1.54) is 11.3 Å². The second-order valence-electron chi connectivity index (χ2n) is 3.46. The highest BCUT2D eigenvalue weighted by Gasteiger charge is 2.07. The Labute approximate surface area is 112 Å². The number of hydrogen-bond donors (Lipinski definition) is 2. The molecule has 0 bridgehead atoms. The van der Waals surface area contributed by atoms with Crippen molar-refractivity contribution in [3.63, 3.8) is 0 Å². The number of anilines is 1. The van der Waals surface area contributed by atoms with Crippen LogP contribution in [0.1, 0.15) is 15.9 Å². The second kappa shape index (κ2) is 5.44. The maximum atomic E-state index is 11.9. The molecule has 1 heterocycles. The van der Waals surface area contributed by atoms with Crippen molar-refractivity contribution in [3.8, 4) is 0 Å². The molecular weight excluding hydrogens is 300 g/mol. The lowest BCUT2D eigenvalue weighted by molar-refractivity contribution is 0.102. The standard InChI is InChI=1S/C12H11BrN2OS/c13-10-5-6-11(17-10)15-12(16)9-3-1-8(7-14)2-4-9/h1-6H,7,14H2,(H,15,16). The SMILES string of the molecule is NCc1ccc(C(=O)Nc2ccc(Br)s2)cc1. The summed E-state index contributed by atoms with van der Waals surface area (Å²) in [7, 11) is 0. The molecule has 0 atom stereocenters. The Hall–Kier alpha value is -1.17. The first-order chi connectivity index (χ1) is 8.19. The van der Waals surface area contributed by atoms with Gasteiger partial charge in [-0.2, -0.15) is 0 Å². The molecule has 0 spiro atoms. The van der Waals surface area contributed by atoms with Crippen LogP contribution in [0.4, 0.5) is 5.00 Å². The molecule has 0 saturated carbocycles.